The van der Waals surface area contributed by atoms with Crippen LogP contribution in [0.15, 0.2) is 22.7 Å². The van der Waals surface area contributed by atoms with E-state index in [1.54, 1.807) is 0 Å². The molecular formula is C13H15BrClNO2S. The van der Waals surface area contributed by atoms with Crippen molar-refractivity contribution in [1.29, 1.82) is 0 Å². The van der Waals surface area contributed by atoms with Gasteiger partial charge in [-0.05, 0) is 23.8 Å². The van der Waals surface area contributed by atoms with Crippen LogP contribution in [0.25, 0.3) is 0 Å². The summed E-state index contributed by atoms with van der Waals surface area (Å²) in [7, 11) is 0. The van der Waals surface area contributed by atoms with E-state index in [1.165, 1.54) is 0 Å². The lowest BCUT2D eigenvalue weighted by Crippen LogP contribution is -2.43. The molecule has 1 unspecified atom stereocenters. The van der Waals surface area contributed by atoms with E-state index in [1.807, 2.05) is 30.0 Å². The summed E-state index contributed by atoms with van der Waals surface area (Å²) >= 11 is 11.5. The Balaban J connectivity index is 2.10. The number of thioether (sulfide) groups is 1. The number of carbonyl (C=O) groups is 1. The van der Waals surface area contributed by atoms with Gasteiger partial charge in [-0.15, -0.1) is 0 Å². The second-order valence-electron chi connectivity index (χ2n) is 4.53. The second kappa shape index (κ2) is 6.97. The van der Waals surface area contributed by atoms with E-state index in [2.05, 4.69) is 20.8 Å². The topological polar surface area (TPSA) is 40.5 Å². The predicted octanol–water partition coefficient (Wildman–Crippen LogP) is 3.49. The third-order valence-corrected chi connectivity index (χ3v) is 5.09. The van der Waals surface area contributed by atoms with Crippen molar-refractivity contribution in [2.24, 2.45) is 0 Å². The zero-order chi connectivity index (χ0) is 13.8. The molecule has 0 radical (unpaired) electrons. The molecule has 19 heavy (non-hydrogen) atoms. The molecule has 1 heterocycles. The predicted molar refractivity (Wildman–Crippen MR) is 82.9 cm³/mol. The average Bonchev–Trinajstić information content (AvgIpc) is 2.35. The van der Waals surface area contributed by atoms with Crippen molar-refractivity contribution in [3.8, 4) is 0 Å². The summed E-state index contributed by atoms with van der Waals surface area (Å²) in [6, 6.07) is 5.87. The van der Waals surface area contributed by atoms with Crippen LogP contribution in [0.2, 0.25) is 5.02 Å². The van der Waals surface area contributed by atoms with Gasteiger partial charge in [-0.25, -0.2) is 0 Å². The summed E-state index contributed by atoms with van der Waals surface area (Å²) in [5.41, 5.74) is 1.04. The summed E-state index contributed by atoms with van der Waals surface area (Å²) in [5.74, 6) is 1.18. The number of hydrogen-bond acceptors (Lipinski definition) is 3. The molecule has 104 valence electrons. The summed E-state index contributed by atoms with van der Waals surface area (Å²) in [6.45, 7) is 1.61. The highest BCUT2D eigenvalue weighted by Gasteiger charge is 2.25. The first-order chi connectivity index (χ1) is 9.06. The molecule has 1 aliphatic rings. The largest absolute Gasteiger partial charge is 0.481 e. The number of nitrogens with zero attached hydrogens (tertiary/aromatic N) is 1. The summed E-state index contributed by atoms with van der Waals surface area (Å²) in [4.78, 5) is 13.1. The van der Waals surface area contributed by atoms with Gasteiger partial charge in [0.05, 0.1) is 6.42 Å². The highest BCUT2D eigenvalue weighted by atomic mass is 79.9. The molecule has 1 saturated heterocycles. The van der Waals surface area contributed by atoms with E-state index in [0.717, 1.165) is 33.1 Å². The minimum absolute atomic E-state index is 0.0892. The maximum absolute atomic E-state index is 10.9. The number of aliphatic carboxylic acids is 1. The normalized spacial score (nSPS) is 20.4. The van der Waals surface area contributed by atoms with E-state index in [4.69, 9.17) is 16.7 Å². The fourth-order valence-electron chi connectivity index (χ4n) is 2.17. The van der Waals surface area contributed by atoms with Crippen molar-refractivity contribution < 1.29 is 9.90 Å². The summed E-state index contributed by atoms with van der Waals surface area (Å²) in [6.07, 6.45) is 0.193. The molecule has 1 N–H and O–H groups in total. The number of carboxylic acid groups (broad SMARTS) is 1. The van der Waals surface area contributed by atoms with Crippen molar-refractivity contribution in [1.82, 2.24) is 4.90 Å². The van der Waals surface area contributed by atoms with Gasteiger partial charge in [-0.1, -0.05) is 27.5 Å². The van der Waals surface area contributed by atoms with Crippen molar-refractivity contribution in [3.05, 3.63) is 33.3 Å². The van der Waals surface area contributed by atoms with Gasteiger partial charge >= 0.3 is 5.97 Å². The number of halogens is 2. The lowest BCUT2D eigenvalue weighted by atomic mass is 10.1. The van der Waals surface area contributed by atoms with E-state index >= 15 is 0 Å². The van der Waals surface area contributed by atoms with E-state index < -0.39 is 5.97 Å². The van der Waals surface area contributed by atoms with Gasteiger partial charge in [0, 0.05) is 40.1 Å². The Bertz CT molecular complexity index is 472. The molecule has 6 heteroatoms. The van der Waals surface area contributed by atoms with Crippen molar-refractivity contribution in [3.63, 3.8) is 0 Å². The smallest absolute Gasteiger partial charge is 0.304 e. The third kappa shape index (κ3) is 4.38. The highest BCUT2D eigenvalue weighted by molar-refractivity contribution is 9.10. The molecule has 2 rings (SSSR count). The molecule has 0 aromatic heterocycles. The van der Waals surface area contributed by atoms with Crippen molar-refractivity contribution in [2.45, 2.75) is 19.0 Å². The molecule has 1 fully saturated rings. The average molecular weight is 365 g/mol. The van der Waals surface area contributed by atoms with Gasteiger partial charge in [0.2, 0.25) is 0 Å². The van der Waals surface area contributed by atoms with Gasteiger partial charge < -0.3 is 5.11 Å². The third-order valence-electron chi connectivity index (χ3n) is 3.14. The number of hydrogen-bond donors (Lipinski definition) is 1. The van der Waals surface area contributed by atoms with Crippen LogP contribution in [-0.2, 0) is 11.3 Å². The maximum atomic E-state index is 10.9. The van der Waals surface area contributed by atoms with Crippen LogP contribution in [0.5, 0.6) is 0 Å². The fraction of sp³-hybridized carbons (Fsp3) is 0.462. The van der Waals surface area contributed by atoms with E-state index in [-0.39, 0.29) is 12.5 Å². The number of carboxylic acids is 1. The Labute approximate surface area is 130 Å². The summed E-state index contributed by atoms with van der Waals surface area (Å²) < 4.78 is 0.994. The van der Waals surface area contributed by atoms with Crippen LogP contribution < -0.4 is 0 Å². The minimum Gasteiger partial charge on any atom is -0.481 e. The Morgan fingerprint density at radius 3 is 3.11 bits per heavy atom. The Kier molecular flexibility index (Phi) is 5.57. The van der Waals surface area contributed by atoms with Gasteiger partial charge in [0.1, 0.15) is 0 Å². The Hall–Kier alpha value is -0.230. The van der Waals surface area contributed by atoms with Crippen molar-refractivity contribution >= 4 is 45.3 Å². The van der Waals surface area contributed by atoms with Crippen LogP contribution in [0.4, 0.5) is 0 Å². The Morgan fingerprint density at radius 1 is 1.58 bits per heavy atom. The number of benzene rings is 1. The summed E-state index contributed by atoms with van der Waals surface area (Å²) in [5, 5.41) is 9.71. The Morgan fingerprint density at radius 2 is 2.37 bits per heavy atom. The number of rotatable bonds is 4. The van der Waals surface area contributed by atoms with Crippen LogP contribution in [0, 0.1) is 0 Å². The SMILES string of the molecule is O=C(O)CC1CSCCN1Cc1cc(Br)ccc1Cl. The molecule has 1 atom stereocenters. The zero-order valence-corrected chi connectivity index (χ0v) is 13.5. The molecule has 0 aliphatic carbocycles. The molecule has 1 aromatic carbocycles. The second-order valence-corrected chi connectivity index (χ2v) is 7.01. The first kappa shape index (κ1) is 15.2. The van der Waals surface area contributed by atoms with Crippen LogP contribution in [-0.4, -0.2) is 40.1 Å². The standard InChI is InChI=1S/C13H15BrClNO2S/c14-10-1-2-12(15)9(5-10)7-16-3-4-19-8-11(16)6-13(17)18/h1-2,5,11H,3-4,6-8H2,(H,17,18). The van der Waals surface area contributed by atoms with E-state index in [9.17, 15) is 4.79 Å². The maximum Gasteiger partial charge on any atom is 0.304 e. The zero-order valence-electron chi connectivity index (χ0n) is 10.3. The van der Waals surface area contributed by atoms with Gasteiger partial charge in [0.15, 0.2) is 0 Å². The fourth-order valence-corrected chi connectivity index (χ4v) is 3.89. The first-order valence-electron chi connectivity index (χ1n) is 6.04. The van der Waals surface area contributed by atoms with Crippen LogP contribution >= 0.6 is 39.3 Å². The van der Waals surface area contributed by atoms with E-state index in [0.29, 0.717) is 6.54 Å². The van der Waals surface area contributed by atoms with Crippen molar-refractivity contribution in [2.75, 3.05) is 18.1 Å². The first-order valence-corrected chi connectivity index (χ1v) is 8.36. The molecule has 1 aliphatic heterocycles. The minimum atomic E-state index is -0.738. The molecule has 0 spiro atoms. The van der Waals surface area contributed by atoms with Gasteiger partial charge in [-0.3, -0.25) is 9.69 Å². The lowest BCUT2D eigenvalue weighted by molar-refractivity contribution is -0.138. The monoisotopic (exact) mass is 363 g/mol. The van der Waals surface area contributed by atoms with Gasteiger partial charge in [0.25, 0.3) is 0 Å². The molecule has 1 aromatic rings. The van der Waals surface area contributed by atoms with Gasteiger partial charge in [-0.2, -0.15) is 11.8 Å². The molecule has 0 saturated carbocycles. The van der Waals surface area contributed by atoms with Crippen LogP contribution in [0.1, 0.15) is 12.0 Å². The molecule has 3 nitrogen and oxygen atoms in total. The lowest BCUT2D eigenvalue weighted by Gasteiger charge is -2.34. The molecule has 0 bridgehead atoms. The highest BCUT2D eigenvalue weighted by Crippen LogP contribution is 2.26. The quantitative estimate of drug-likeness (QED) is 0.888. The molecule has 0 amide bonds. The van der Waals surface area contributed by atoms with Crippen LogP contribution in [0.3, 0.4) is 0 Å². The molecular weight excluding hydrogens is 350 g/mol.